The summed E-state index contributed by atoms with van der Waals surface area (Å²) in [4.78, 5) is 33.3. The Balaban J connectivity index is 1.42. The highest BCUT2D eigenvalue weighted by Crippen LogP contribution is 2.26. The highest BCUT2D eigenvalue weighted by atomic mass is 32.1. The van der Waals surface area contributed by atoms with Crippen LogP contribution in [0.5, 0.6) is 0 Å². The largest absolute Gasteiger partial charge is 0.352 e. The summed E-state index contributed by atoms with van der Waals surface area (Å²) in [5.41, 5.74) is 3.30. The van der Waals surface area contributed by atoms with E-state index in [0.29, 0.717) is 29.3 Å². The molecule has 6 nitrogen and oxygen atoms in total. The van der Waals surface area contributed by atoms with Gasteiger partial charge in [0.15, 0.2) is 0 Å². The molecule has 174 valence electrons. The second kappa shape index (κ2) is 9.38. The van der Waals surface area contributed by atoms with Crippen molar-refractivity contribution in [2.24, 2.45) is 5.92 Å². The Kier molecular flexibility index (Phi) is 6.15. The van der Waals surface area contributed by atoms with Crippen LogP contribution >= 0.6 is 11.3 Å². The molecule has 0 spiro atoms. The Morgan fingerprint density at radius 3 is 2.68 bits per heavy atom. The van der Waals surface area contributed by atoms with Crippen LogP contribution in [0.3, 0.4) is 0 Å². The second-order valence-electron chi connectivity index (χ2n) is 8.65. The third-order valence-electron chi connectivity index (χ3n) is 6.21. The number of nitrogens with zero attached hydrogens (tertiary/aromatic N) is 3. The van der Waals surface area contributed by atoms with Gasteiger partial charge in [-0.05, 0) is 61.0 Å². The van der Waals surface area contributed by atoms with Gasteiger partial charge < -0.3 is 10.2 Å². The predicted molar refractivity (Wildman–Crippen MR) is 133 cm³/mol. The van der Waals surface area contributed by atoms with E-state index >= 15 is 0 Å². The number of piperidine rings is 1. The molecule has 4 aromatic rings. The molecule has 3 heterocycles. The molecule has 1 saturated heterocycles. The Labute approximate surface area is 200 Å². The van der Waals surface area contributed by atoms with Crippen molar-refractivity contribution in [3.63, 3.8) is 0 Å². The zero-order valence-electron chi connectivity index (χ0n) is 18.8. The van der Waals surface area contributed by atoms with Crippen LogP contribution in [0.15, 0.2) is 64.8 Å². The molecule has 34 heavy (non-hydrogen) atoms. The Bertz CT molecular complexity index is 1380. The third-order valence-corrected chi connectivity index (χ3v) is 7.10. The molecule has 8 heteroatoms. The number of anilines is 1. The van der Waals surface area contributed by atoms with Gasteiger partial charge >= 0.3 is 0 Å². The number of aromatic nitrogens is 2. The van der Waals surface area contributed by atoms with Crippen LogP contribution in [0, 0.1) is 18.7 Å². The molecule has 1 aliphatic heterocycles. The van der Waals surface area contributed by atoms with Crippen molar-refractivity contribution in [2.45, 2.75) is 26.3 Å². The lowest BCUT2D eigenvalue weighted by molar-refractivity contribution is -0.125. The lowest BCUT2D eigenvalue weighted by Crippen LogP contribution is -2.45. The monoisotopic (exact) mass is 476 g/mol. The molecule has 2 aromatic carbocycles. The van der Waals surface area contributed by atoms with E-state index in [-0.39, 0.29) is 23.2 Å². The average molecular weight is 477 g/mol. The standard InChI is InChI=1S/C26H25FN4O2S/c1-17-4-10-21(11-5-17)31-25(33)23-22(12-14-34-23)29-26(31)30-13-2-3-19(16-30)24(32)28-15-18-6-8-20(27)9-7-18/h4-12,14,19H,2-3,13,15-16H2,1H3,(H,28,32)/t19-/m1/s1. The Morgan fingerprint density at radius 2 is 1.91 bits per heavy atom. The van der Waals surface area contributed by atoms with Gasteiger partial charge in [0.2, 0.25) is 11.9 Å². The molecule has 5 rings (SSSR count). The molecule has 2 aromatic heterocycles. The second-order valence-corrected chi connectivity index (χ2v) is 9.57. The summed E-state index contributed by atoms with van der Waals surface area (Å²) >= 11 is 1.39. The maximum atomic E-state index is 13.4. The third kappa shape index (κ3) is 4.46. The molecule has 0 aliphatic carbocycles. The van der Waals surface area contributed by atoms with Gasteiger partial charge in [-0.2, -0.15) is 0 Å². The van der Waals surface area contributed by atoms with Crippen LogP contribution < -0.4 is 15.8 Å². The number of rotatable bonds is 5. The van der Waals surface area contributed by atoms with Crippen molar-refractivity contribution in [3.8, 4) is 5.69 Å². The van der Waals surface area contributed by atoms with Gasteiger partial charge in [0.25, 0.3) is 5.56 Å². The van der Waals surface area contributed by atoms with Gasteiger partial charge in [-0.3, -0.25) is 9.59 Å². The molecule has 0 saturated carbocycles. The van der Waals surface area contributed by atoms with E-state index in [4.69, 9.17) is 4.98 Å². The van der Waals surface area contributed by atoms with Crippen LogP contribution in [-0.4, -0.2) is 28.5 Å². The summed E-state index contributed by atoms with van der Waals surface area (Å²) in [5.74, 6) is -0.00545. The Morgan fingerprint density at radius 1 is 1.15 bits per heavy atom. The first-order chi connectivity index (χ1) is 16.5. The molecule has 1 amide bonds. The summed E-state index contributed by atoms with van der Waals surface area (Å²) < 4.78 is 15.4. The van der Waals surface area contributed by atoms with Crippen molar-refractivity contribution in [2.75, 3.05) is 18.0 Å². The minimum atomic E-state index is -0.298. The van der Waals surface area contributed by atoms with E-state index in [2.05, 4.69) is 5.32 Å². The van der Waals surface area contributed by atoms with Crippen LogP contribution in [0.2, 0.25) is 0 Å². The van der Waals surface area contributed by atoms with Gasteiger partial charge in [-0.15, -0.1) is 11.3 Å². The van der Waals surface area contributed by atoms with E-state index in [0.717, 1.165) is 36.2 Å². The van der Waals surface area contributed by atoms with Crippen molar-refractivity contribution in [1.29, 1.82) is 0 Å². The van der Waals surface area contributed by atoms with Crippen LogP contribution in [0.25, 0.3) is 15.9 Å². The maximum Gasteiger partial charge on any atom is 0.277 e. The Hall–Kier alpha value is -3.52. The van der Waals surface area contributed by atoms with Gasteiger partial charge in [0, 0.05) is 19.6 Å². The number of halogens is 1. The molecular formula is C26H25FN4O2S. The highest BCUT2D eigenvalue weighted by molar-refractivity contribution is 7.17. The summed E-state index contributed by atoms with van der Waals surface area (Å²) in [6, 6.07) is 15.8. The topological polar surface area (TPSA) is 67.2 Å². The normalized spacial score (nSPS) is 16.1. The summed E-state index contributed by atoms with van der Waals surface area (Å²) in [5, 5.41) is 4.85. The molecule has 1 N–H and O–H groups in total. The van der Waals surface area contributed by atoms with E-state index in [1.165, 1.54) is 23.5 Å². The number of carbonyl (C=O) groups excluding carboxylic acids is 1. The van der Waals surface area contributed by atoms with Gasteiger partial charge in [0.1, 0.15) is 10.5 Å². The van der Waals surface area contributed by atoms with Crippen molar-refractivity contribution in [3.05, 3.63) is 87.3 Å². The van der Waals surface area contributed by atoms with Gasteiger partial charge in [-0.25, -0.2) is 13.9 Å². The molecule has 0 bridgehead atoms. The first kappa shape index (κ1) is 22.3. The minimum Gasteiger partial charge on any atom is -0.352 e. The zero-order chi connectivity index (χ0) is 23.7. The fraction of sp³-hybridized carbons (Fsp3) is 0.269. The molecule has 0 unspecified atom stereocenters. The fourth-order valence-corrected chi connectivity index (χ4v) is 5.11. The number of nitrogens with one attached hydrogen (secondary N) is 1. The number of benzene rings is 2. The molecule has 0 radical (unpaired) electrons. The fourth-order valence-electron chi connectivity index (χ4n) is 4.35. The smallest absolute Gasteiger partial charge is 0.277 e. The zero-order valence-corrected chi connectivity index (χ0v) is 19.6. The van der Waals surface area contributed by atoms with Crippen molar-refractivity contribution in [1.82, 2.24) is 14.9 Å². The first-order valence-electron chi connectivity index (χ1n) is 11.3. The summed E-state index contributed by atoms with van der Waals surface area (Å²) in [6.45, 7) is 3.55. The molecule has 1 atom stereocenters. The lowest BCUT2D eigenvalue weighted by Gasteiger charge is -2.34. The SMILES string of the molecule is Cc1ccc(-n2c(N3CCC[C@@H](C(=O)NCc4ccc(F)cc4)C3)nc3ccsc3c2=O)cc1. The predicted octanol–water partition coefficient (Wildman–Crippen LogP) is 4.43. The van der Waals surface area contributed by atoms with Crippen LogP contribution in [-0.2, 0) is 11.3 Å². The number of fused-ring (bicyclic) bond motifs is 1. The van der Waals surface area contributed by atoms with Crippen LogP contribution in [0.1, 0.15) is 24.0 Å². The van der Waals surface area contributed by atoms with Gasteiger partial charge in [-0.1, -0.05) is 29.8 Å². The number of aryl methyl sites for hydroxylation is 1. The molecule has 1 aliphatic rings. The number of thiophene rings is 1. The first-order valence-corrected chi connectivity index (χ1v) is 12.2. The van der Waals surface area contributed by atoms with E-state index in [9.17, 15) is 14.0 Å². The van der Waals surface area contributed by atoms with E-state index < -0.39 is 0 Å². The number of hydrogen-bond acceptors (Lipinski definition) is 5. The maximum absolute atomic E-state index is 13.4. The lowest BCUT2D eigenvalue weighted by atomic mass is 9.97. The molecule has 1 fully saturated rings. The van der Waals surface area contributed by atoms with Gasteiger partial charge in [0.05, 0.1) is 17.1 Å². The van der Waals surface area contributed by atoms with Crippen molar-refractivity contribution >= 4 is 33.4 Å². The number of carbonyl (C=O) groups is 1. The van der Waals surface area contributed by atoms with E-state index in [1.54, 1.807) is 16.7 Å². The minimum absolute atomic E-state index is 0.0464. The van der Waals surface area contributed by atoms with Crippen molar-refractivity contribution < 1.29 is 9.18 Å². The highest BCUT2D eigenvalue weighted by Gasteiger charge is 2.29. The number of hydrogen-bond donors (Lipinski definition) is 1. The quantitative estimate of drug-likeness (QED) is 0.463. The summed E-state index contributed by atoms with van der Waals surface area (Å²) in [6.07, 6.45) is 1.58. The van der Waals surface area contributed by atoms with Crippen LogP contribution in [0.4, 0.5) is 10.3 Å². The molecular weight excluding hydrogens is 451 g/mol. The average Bonchev–Trinajstić information content (AvgIpc) is 3.33. The summed E-state index contributed by atoms with van der Waals surface area (Å²) in [7, 11) is 0. The number of amides is 1. The van der Waals surface area contributed by atoms with E-state index in [1.807, 2.05) is 47.5 Å².